The second-order valence-corrected chi connectivity index (χ2v) is 7.61. The molecule has 0 fully saturated rings. The first-order valence-corrected chi connectivity index (χ1v) is 9.16. The van der Waals surface area contributed by atoms with Gasteiger partial charge in [-0.1, -0.05) is 25.5 Å². The van der Waals surface area contributed by atoms with Gasteiger partial charge in [0, 0.05) is 26.1 Å². The summed E-state index contributed by atoms with van der Waals surface area (Å²) < 4.78 is 0. The van der Waals surface area contributed by atoms with Crippen LogP contribution in [0.1, 0.15) is 39.9 Å². The molecule has 0 saturated heterocycles. The van der Waals surface area contributed by atoms with Crippen molar-refractivity contribution < 1.29 is 4.79 Å². The van der Waals surface area contributed by atoms with E-state index in [4.69, 9.17) is 0 Å². The van der Waals surface area contributed by atoms with E-state index in [1.807, 2.05) is 12.1 Å². The Hall–Kier alpha value is -2.17. The summed E-state index contributed by atoms with van der Waals surface area (Å²) in [5.41, 5.74) is 3.19. The summed E-state index contributed by atoms with van der Waals surface area (Å²) in [5, 5.41) is 2.99. The minimum Gasteiger partial charge on any atom is -0.356 e. The lowest BCUT2D eigenvalue weighted by Crippen LogP contribution is -2.36. The molecule has 3 rings (SSSR count). The number of pyridine rings is 1. The molecule has 5 heteroatoms. The maximum Gasteiger partial charge on any atom is 0.216 e. The molecule has 0 saturated carbocycles. The molecular formula is C20H28N4O. The molecule has 2 aromatic rings. The Morgan fingerprint density at radius 3 is 2.92 bits per heavy atom. The first kappa shape index (κ1) is 17.6. The van der Waals surface area contributed by atoms with Crippen LogP contribution in [-0.4, -0.2) is 27.4 Å². The van der Waals surface area contributed by atoms with Crippen molar-refractivity contribution in [3.8, 4) is 0 Å². The Bertz CT molecular complexity index is 744. The van der Waals surface area contributed by atoms with E-state index in [-0.39, 0.29) is 5.91 Å². The van der Waals surface area contributed by atoms with Crippen LogP contribution in [0.3, 0.4) is 0 Å². The average molecular weight is 340 g/mol. The van der Waals surface area contributed by atoms with Crippen LogP contribution in [0.2, 0.25) is 0 Å². The number of hydrogen-bond acceptors (Lipinski definition) is 3. The Kier molecular flexibility index (Phi) is 5.21. The molecular weight excluding hydrogens is 312 g/mol. The van der Waals surface area contributed by atoms with Crippen LogP contribution < -0.4 is 5.32 Å². The van der Waals surface area contributed by atoms with Crippen molar-refractivity contribution in [2.24, 2.45) is 23.7 Å². The van der Waals surface area contributed by atoms with Gasteiger partial charge in [0.2, 0.25) is 5.91 Å². The molecule has 2 aromatic heterocycles. The summed E-state index contributed by atoms with van der Waals surface area (Å²) >= 11 is 0. The van der Waals surface area contributed by atoms with Crippen molar-refractivity contribution >= 4 is 17.1 Å². The SMILES string of the molecule is CC(=O)NCC1C=C(C)C(Cc2nc3ncccc3[nH]2)CC1C(C)C. The number of H-pyrrole nitrogens is 1. The summed E-state index contributed by atoms with van der Waals surface area (Å²) in [5.74, 6) is 3.12. The molecule has 0 radical (unpaired) electrons. The average Bonchev–Trinajstić information content (AvgIpc) is 2.96. The number of fused-ring (bicyclic) bond motifs is 1. The smallest absolute Gasteiger partial charge is 0.216 e. The molecule has 0 spiro atoms. The van der Waals surface area contributed by atoms with Gasteiger partial charge in [-0.15, -0.1) is 0 Å². The largest absolute Gasteiger partial charge is 0.356 e. The molecule has 1 aliphatic carbocycles. The number of nitrogens with zero attached hydrogens (tertiary/aromatic N) is 2. The summed E-state index contributed by atoms with van der Waals surface area (Å²) in [6.07, 6.45) is 6.19. The predicted molar refractivity (Wildman–Crippen MR) is 100.0 cm³/mol. The Morgan fingerprint density at radius 2 is 2.24 bits per heavy atom. The van der Waals surface area contributed by atoms with Crippen LogP contribution >= 0.6 is 0 Å². The maximum atomic E-state index is 11.3. The Morgan fingerprint density at radius 1 is 1.44 bits per heavy atom. The van der Waals surface area contributed by atoms with E-state index in [1.165, 1.54) is 5.57 Å². The molecule has 3 atom stereocenters. The summed E-state index contributed by atoms with van der Waals surface area (Å²) in [7, 11) is 0. The summed E-state index contributed by atoms with van der Waals surface area (Å²) in [4.78, 5) is 23.6. The normalized spacial score (nSPS) is 23.7. The van der Waals surface area contributed by atoms with Gasteiger partial charge in [-0.05, 0) is 49.1 Å². The molecule has 3 unspecified atom stereocenters. The van der Waals surface area contributed by atoms with Crippen molar-refractivity contribution in [2.75, 3.05) is 6.54 Å². The third-order valence-corrected chi connectivity index (χ3v) is 5.42. The quantitative estimate of drug-likeness (QED) is 0.819. The predicted octanol–water partition coefficient (Wildman–Crippen LogP) is 3.49. The molecule has 0 aliphatic heterocycles. The number of hydrogen-bond donors (Lipinski definition) is 2. The highest BCUT2D eigenvalue weighted by Gasteiger charge is 2.32. The number of carbonyl (C=O) groups is 1. The van der Waals surface area contributed by atoms with Crippen molar-refractivity contribution in [3.63, 3.8) is 0 Å². The minimum absolute atomic E-state index is 0.0467. The fourth-order valence-electron chi connectivity index (χ4n) is 3.99. The fraction of sp³-hybridized carbons (Fsp3) is 0.550. The minimum atomic E-state index is 0.0467. The fourth-order valence-corrected chi connectivity index (χ4v) is 3.99. The van der Waals surface area contributed by atoms with Gasteiger partial charge in [0.15, 0.2) is 5.65 Å². The van der Waals surface area contributed by atoms with Gasteiger partial charge >= 0.3 is 0 Å². The van der Waals surface area contributed by atoms with E-state index in [9.17, 15) is 4.79 Å². The molecule has 0 bridgehead atoms. The van der Waals surface area contributed by atoms with Crippen LogP contribution in [0.25, 0.3) is 11.2 Å². The molecule has 2 N–H and O–H groups in total. The monoisotopic (exact) mass is 340 g/mol. The number of amides is 1. The Balaban J connectivity index is 1.77. The highest BCUT2D eigenvalue weighted by Crippen LogP contribution is 2.38. The molecule has 134 valence electrons. The van der Waals surface area contributed by atoms with Crippen LogP contribution in [0.15, 0.2) is 30.0 Å². The van der Waals surface area contributed by atoms with Crippen molar-refractivity contribution in [1.82, 2.24) is 20.3 Å². The highest BCUT2D eigenvalue weighted by atomic mass is 16.1. The number of carbonyl (C=O) groups excluding carboxylic acids is 1. The van der Waals surface area contributed by atoms with E-state index in [0.29, 0.717) is 23.7 Å². The van der Waals surface area contributed by atoms with Crippen molar-refractivity contribution in [3.05, 3.63) is 35.8 Å². The zero-order valence-electron chi connectivity index (χ0n) is 15.5. The summed E-state index contributed by atoms with van der Waals surface area (Å²) in [6, 6.07) is 3.94. The zero-order chi connectivity index (χ0) is 18.0. The topological polar surface area (TPSA) is 70.7 Å². The van der Waals surface area contributed by atoms with Crippen molar-refractivity contribution in [1.29, 1.82) is 0 Å². The van der Waals surface area contributed by atoms with Crippen LogP contribution in [0.4, 0.5) is 0 Å². The number of nitrogens with one attached hydrogen (secondary N) is 2. The van der Waals surface area contributed by atoms with Gasteiger partial charge in [0.1, 0.15) is 5.82 Å². The van der Waals surface area contributed by atoms with E-state index >= 15 is 0 Å². The first-order valence-electron chi connectivity index (χ1n) is 9.16. The van der Waals surface area contributed by atoms with Gasteiger partial charge in [-0.3, -0.25) is 4.79 Å². The Labute approximate surface area is 149 Å². The molecule has 1 aliphatic rings. The second kappa shape index (κ2) is 7.38. The van der Waals surface area contributed by atoms with E-state index < -0.39 is 0 Å². The third kappa shape index (κ3) is 4.09. The lowest BCUT2D eigenvalue weighted by molar-refractivity contribution is -0.119. The molecule has 2 heterocycles. The van der Waals surface area contributed by atoms with E-state index in [1.54, 1.807) is 13.1 Å². The third-order valence-electron chi connectivity index (χ3n) is 5.42. The van der Waals surface area contributed by atoms with E-state index in [2.05, 4.69) is 47.1 Å². The lowest BCUT2D eigenvalue weighted by Gasteiger charge is -2.37. The standard InChI is InChI=1S/C20H28N4O/c1-12(2)17-9-15(13(3)8-16(17)11-22-14(4)25)10-19-23-18-6-5-7-21-20(18)24-19/h5-8,12,15-17H,9-11H2,1-4H3,(H,22,25)(H,21,23,24). The number of imidazole rings is 1. The van der Waals surface area contributed by atoms with Gasteiger partial charge in [-0.25, -0.2) is 9.97 Å². The summed E-state index contributed by atoms with van der Waals surface area (Å²) in [6.45, 7) is 9.09. The lowest BCUT2D eigenvalue weighted by atomic mass is 9.70. The van der Waals surface area contributed by atoms with Gasteiger partial charge in [0.05, 0.1) is 5.52 Å². The number of aromatic nitrogens is 3. The van der Waals surface area contributed by atoms with Crippen LogP contribution in [0, 0.1) is 23.7 Å². The molecule has 0 aromatic carbocycles. The molecule has 5 nitrogen and oxygen atoms in total. The molecule has 25 heavy (non-hydrogen) atoms. The van der Waals surface area contributed by atoms with Crippen LogP contribution in [0.5, 0.6) is 0 Å². The van der Waals surface area contributed by atoms with Gasteiger partial charge < -0.3 is 10.3 Å². The van der Waals surface area contributed by atoms with E-state index in [0.717, 1.165) is 36.4 Å². The van der Waals surface area contributed by atoms with Crippen molar-refractivity contribution in [2.45, 2.75) is 40.5 Å². The molecule has 1 amide bonds. The van der Waals surface area contributed by atoms with Gasteiger partial charge in [0.25, 0.3) is 0 Å². The maximum absolute atomic E-state index is 11.3. The van der Waals surface area contributed by atoms with Gasteiger partial charge in [-0.2, -0.15) is 0 Å². The number of allylic oxidation sites excluding steroid dienone is 1. The zero-order valence-corrected chi connectivity index (χ0v) is 15.5. The highest BCUT2D eigenvalue weighted by molar-refractivity contribution is 5.72. The second-order valence-electron chi connectivity index (χ2n) is 7.61. The van der Waals surface area contributed by atoms with Crippen LogP contribution in [-0.2, 0) is 11.2 Å². The first-order chi connectivity index (χ1) is 11.9. The number of aromatic amines is 1. The number of rotatable bonds is 5.